The van der Waals surface area contributed by atoms with Crippen LogP contribution in [0.2, 0.25) is 0 Å². The van der Waals surface area contributed by atoms with Crippen LogP contribution < -0.4 is 16.4 Å². The van der Waals surface area contributed by atoms with Crippen LogP contribution in [0.5, 0.6) is 0 Å². The van der Waals surface area contributed by atoms with Crippen LogP contribution in [0.4, 0.5) is 4.79 Å². The monoisotopic (exact) mass is 473 g/mol. The predicted molar refractivity (Wildman–Crippen MR) is 131 cm³/mol. The Morgan fingerprint density at radius 3 is 2.40 bits per heavy atom. The van der Waals surface area contributed by atoms with Crippen molar-refractivity contribution in [3.8, 4) is 0 Å². The summed E-state index contributed by atoms with van der Waals surface area (Å²) in [5.74, 6) is 0.132. The molecule has 0 aliphatic carbocycles. The van der Waals surface area contributed by atoms with E-state index in [1.165, 1.54) is 7.11 Å². The van der Waals surface area contributed by atoms with E-state index in [4.69, 9.17) is 15.2 Å². The summed E-state index contributed by atoms with van der Waals surface area (Å²) in [4.78, 5) is 32.3. The van der Waals surface area contributed by atoms with Gasteiger partial charge in [0.25, 0.3) is 5.91 Å². The Morgan fingerprint density at radius 2 is 1.69 bits per heavy atom. The minimum absolute atomic E-state index is 0.161. The number of aromatic nitrogens is 2. The molecule has 0 radical (unpaired) electrons. The molecule has 1 heterocycles. The van der Waals surface area contributed by atoms with E-state index >= 15 is 0 Å². The third-order valence-electron chi connectivity index (χ3n) is 5.42. The number of amides is 2. The molecule has 4 aromatic rings. The Bertz CT molecular complexity index is 1240. The van der Waals surface area contributed by atoms with Gasteiger partial charge in [0.15, 0.2) is 6.10 Å². The van der Waals surface area contributed by atoms with Crippen molar-refractivity contribution in [1.82, 2.24) is 20.6 Å². The van der Waals surface area contributed by atoms with Crippen molar-refractivity contribution in [1.29, 1.82) is 0 Å². The summed E-state index contributed by atoms with van der Waals surface area (Å²) in [6.07, 6.45) is -2.19. The first-order chi connectivity index (χ1) is 17.0. The molecule has 0 spiro atoms. The first kappa shape index (κ1) is 23.9. The molecule has 2 amide bonds. The van der Waals surface area contributed by atoms with Gasteiger partial charge in [-0.05, 0) is 28.8 Å². The highest BCUT2D eigenvalue weighted by Crippen LogP contribution is 2.19. The minimum atomic E-state index is -0.860. The summed E-state index contributed by atoms with van der Waals surface area (Å²) in [6.45, 7) is 0.454. The van der Waals surface area contributed by atoms with Gasteiger partial charge in [0, 0.05) is 13.7 Å². The van der Waals surface area contributed by atoms with Crippen molar-refractivity contribution < 1.29 is 19.1 Å². The van der Waals surface area contributed by atoms with Gasteiger partial charge in [0.2, 0.25) is 0 Å². The Balaban J connectivity index is 1.28. The van der Waals surface area contributed by atoms with Crippen molar-refractivity contribution in [2.75, 3.05) is 7.11 Å². The highest BCUT2D eigenvalue weighted by molar-refractivity contribution is 5.83. The van der Waals surface area contributed by atoms with E-state index in [1.807, 2.05) is 66.7 Å². The van der Waals surface area contributed by atoms with E-state index in [2.05, 4.69) is 20.6 Å². The molecule has 35 heavy (non-hydrogen) atoms. The molecule has 0 fully saturated rings. The number of carbonyl (C=O) groups excluding carboxylic acids is 2. The number of alkyl carbamates (subject to hydrolysis) is 1. The highest BCUT2D eigenvalue weighted by atomic mass is 16.5. The molecular weight excluding hydrogens is 446 g/mol. The van der Waals surface area contributed by atoms with Gasteiger partial charge in [0.1, 0.15) is 18.6 Å². The number of nitrogens with two attached hydrogens (primary N) is 1. The molecule has 2 atom stereocenters. The predicted octanol–water partition coefficient (Wildman–Crippen LogP) is 3.45. The lowest BCUT2D eigenvalue weighted by Gasteiger charge is -2.16. The number of nitrogens with zero attached hydrogens (tertiary/aromatic N) is 1. The number of methoxy groups -OCH3 is 1. The summed E-state index contributed by atoms with van der Waals surface area (Å²) in [6, 6.07) is 24.2. The van der Waals surface area contributed by atoms with E-state index in [0.29, 0.717) is 17.9 Å². The zero-order valence-electron chi connectivity index (χ0n) is 19.2. The number of carbonyl (C=O) groups is 2. The quantitative estimate of drug-likeness (QED) is 0.275. The van der Waals surface area contributed by atoms with Crippen molar-refractivity contribution >= 4 is 23.0 Å². The van der Waals surface area contributed by atoms with Crippen LogP contribution in [-0.4, -0.2) is 29.1 Å². The second kappa shape index (κ2) is 11.3. The van der Waals surface area contributed by atoms with Gasteiger partial charge in [-0.25, -0.2) is 9.78 Å². The lowest BCUT2D eigenvalue weighted by Crippen LogP contribution is -2.34. The smallest absolute Gasteiger partial charge is 0.408 e. The minimum Gasteiger partial charge on any atom is -0.445 e. The van der Waals surface area contributed by atoms with Gasteiger partial charge in [-0.15, -0.1) is 0 Å². The number of imidazole rings is 1. The van der Waals surface area contributed by atoms with Crippen LogP contribution in [0.25, 0.3) is 11.0 Å². The molecule has 3 aromatic carbocycles. The molecule has 5 N–H and O–H groups in total. The third-order valence-corrected chi connectivity index (χ3v) is 5.42. The van der Waals surface area contributed by atoms with Crippen LogP contribution in [0, 0.1) is 0 Å². The number of hydrogen-bond acceptors (Lipinski definition) is 6. The topological polar surface area (TPSA) is 131 Å². The second-order valence-corrected chi connectivity index (χ2v) is 7.90. The Hall–Kier alpha value is -4.21. The lowest BCUT2D eigenvalue weighted by atomic mass is 10.1. The van der Waals surface area contributed by atoms with Gasteiger partial charge in [0.05, 0.1) is 11.0 Å². The molecule has 0 aliphatic rings. The van der Waals surface area contributed by atoms with Crippen molar-refractivity contribution in [3.05, 3.63) is 101 Å². The van der Waals surface area contributed by atoms with Crippen LogP contribution >= 0.6 is 0 Å². The maximum Gasteiger partial charge on any atom is 0.408 e. The second-order valence-electron chi connectivity index (χ2n) is 7.90. The number of aromatic amines is 1. The fourth-order valence-corrected chi connectivity index (χ4v) is 3.54. The van der Waals surface area contributed by atoms with E-state index < -0.39 is 18.4 Å². The number of benzene rings is 3. The summed E-state index contributed by atoms with van der Waals surface area (Å²) >= 11 is 0. The number of para-hydroxylation sites is 2. The molecule has 1 aromatic heterocycles. The molecule has 9 nitrogen and oxygen atoms in total. The molecule has 0 bridgehead atoms. The number of nitrogens with one attached hydrogen (secondary N) is 3. The van der Waals surface area contributed by atoms with Crippen molar-refractivity contribution in [2.45, 2.75) is 25.4 Å². The zero-order valence-corrected chi connectivity index (χ0v) is 19.2. The van der Waals surface area contributed by atoms with Gasteiger partial charge in [-0.2, -0.15) is 0 Å². The molecule has 180 valence electrons. The average Bonchev–Trinajstić information content (AvgIpc) is 3.31. The zero-order chi connectivity index (χ0) is 24.6. The first-order valence-corrected chi connectivity index (χ1v) is 11.1. The van der Waals surface area contributed by atoms with E-state index in [9.17, 15) is 9.59 Å². The Labute approximate surface area is 202 Å². The highest BCUT2D eigenvalue weighted by Gasteiger charge is 2.23. The summed E-state index contributed by atoms with van der Waals surface area (Å²) in [5.41, 5.74) is 10.1. The van der Waals surface area contributed by atoms with Crippen LogP contribution in [0.15, 0.2) is 78.9 Å². The standard InChI is InChI=1S/C26H27N5O4/c1-34-22(24-29-20-9-5-6-10-21(20)30-24)25(32)28-15-17-11-13-19(14-12-17)23(27)31-26(33)35-16-18-7-3-2-4-8-18/h2-14,22-23H,15-16,27H2,1H3,(H,28,32)(H,29,30)(H,31,33). The number of ether oxygens (including phenoxy) is 2. The van der Waals surface area contributed by atoms with Crippen LogP contribution in [-0.2, 0) is 27.4 Å². The fourth-order valence-electron chi connectivity index (χ4n) is 3.54. The summed E-state index contributed by atoms with van der Waals surface area (Å²) in [5, 5.41) is 5.47. The van der Waals surface area contributed by atoms with Crippen molar-refractivity contribution in [3.63, 3.8) is 0 Å². The first-order valence-electron chi connectivity index (χ1n) is 11.1. The molecular formula is C26H27N5O4. The molecule has 9 heteroatoms. The average molecular weight is 474 g/mol. The van der Waals surface area contributed by atoms with Crippen LogP contribution in [0.3, 0.4) is 0 Å². The van der Waals surface area contributed by atoms with Gasteiger partial charge in [-0.3, -0.25) is 4.79 Å². The number of hydrogen-bond donors (Lipinski definition) is 4. The number of fused-ring (bicyclic) bond motifs is 1. The maximum absolute atomic E-state index is 12.7. The molecule has 0 saturated carbocycles. The molecule has 0 saturated heterocycles. The Kier molecular flexibility index (Phi) is 7.71. The van der Waals surface area contributed by atoms with Crippen molar-refractivity contribution in [2.24, 2.45) is 5.73 Å². The summed E-state index contributed by atoms with van der Waals surface area (Å²) in [7, 11) is 1.46. The van der Waals surface area contributed by atoms with E-state index in [-0.39, 0.29) is 12.5 Å². The van der Waals surface area contributed by atoms with Crippen LogP contribution in [0.1, 0.15) is 34.8 Å². The largest absolute Gasteiger partial charge is 0.445 e. The maximum atomic E-state index is 12.7. The van der Waals surface area contributed by atoms with E-state index in [0.717, 1.165) is 22.2 Å². The fraction of sp³-hybridized carbons (Fsp3) is 0.192. The van der Waals surface area contributed by atoms with Gasteiger partial charge in [-0.1, -0.05) is 66.7 Å². The molecule has 0 aliphatic heterocycles. The molecule has 4 rings (SSSR count). The van der Waals surface area contributed by atoms with Gasteiger partial charge < -0.3 is 30.8 Å². The Morgan fingerprint density at radius 1 is 0.971 bits per heavy atom. The summed E-state index contributed by atoms with van der Waals surface area (Å²) < 4.78 is 10.6. The lowest BCUT2D eigenvalue weighted by molar-refractivity contribution is -0.132. The SMILES string of the molecule is COC(C(=O)NCc1ccc(C(N)NC(=O)OCc2ccccc2)cc1)c1nc2ccccc2[nH]1. The molecule has 2 unspecified atom stereocenters. The van der Waals surface area contributed by atoms with E-state index in [1.54, 1.807) is 12.1 Å². The number of H-pyrrole nitrogens is 1. The normalized spacial score (nSPS) is 12.6. The number of rotatable bonds is 9. The third kappa shape index (κ3) is 6.23. The van der Waals surface area contributed by atoms with Gasteiger partial charge >= 0.3 is 6.09 Å².